The third-order valence-electron chi connectivity index (χ3n) is 9.19. The first-order valence-electron chi connectivity index (χ1n) is 15.1. The van der Waals surface area contributed by atoms with E-state index in [9.17, 15) is 20.4 Å². The van der Waals surface area contributed by atoms with Gasteiger partial charge in [0.15, 0.2) is 0 Å². The monoisotopic (exact) mass is 586 g/mol. The van der Waals surface area contributed by atoms with Crippen LogP contribution < -0.4 is 0 Å². The highest BCUT2D eigenvalue weighted by Crippen LogP contribution is 2.42. The minimum Gasteiger partial charge on any atom is -0.508 e. The van der Waals surface area contributed by atoms with Gasteiger partial charge in [-0.2, -0.15) is 0 Å². The Morgan fingerprint density at radius 2 is 0.523 bits per heavy atom. The van der Waals surface area contributed by atoms with Crippen molar-refractivity contribution < 1.29 is 20.4 Å². The summed E-state index contributed by atoms with van der Waals surface area (Å²) in [6, 6.07) is 24.3. The van der Waals surface area contributed by atoms with Crippen LogP contribution in [0.15, 0.2) is 72.8 Å². The Hall–Kier alpha value is -4.70. The van der Waals surface area contributed by atoms with Gasteiger partial charge >= 0.3 is 0 Å². The van der Waals surface area contributed by atoms with Crippen molar-refractivity contribution >= 4 is 0 Å². The molecule has 0 saturated heterocycles. The van der Waals surface area contributed by atoms with Crippen LogP contribution in [-0.4, -0.2) is 20.4 Å². The molecule has 44 heavy (non-hydrogen) atoms. The van der Waals surface area contributed by atoms with Gasteiger partial charge in [-0.05, 0) is 158 Å². The Balaban J connectivity index is 1.72. The highest BCUT2D eigenvalue weighted by molar-refractivity contribution is 5.57. The number of aryl methyl sites for hydroxylation is 8. The molecule has 226 valence electrons. The van der Waals surface area contributed by atoms with Gasteiger partial charge in [0.05, 0.1) is 0 Å². The quantitative estimate of drug-likeness (QED) is 0.149. The summed E-state index contributed by atoms with van der Waals surface area (Å²) in [4.78, 5) is 0. The smallest absolute Gasteiger partial charge is 0.118 e. The molecule has 0 saturated carbocycles. The van der Waals surface area contributed by atoms with E-state index in [1.165, 1.54) is 0 Å². The van der Waals surface area contributed by atoms with Gasteiger partial charge in [0.1, 0.15) is 23.0 Å². The van der Waals surface area contributed by atoms with Crippen LogP contribution >= 0.6 is 0 Å². The molecule has 0 aliphatic heterocycles. The molecule has 0 atom stereocenters. The number of rotatable bonds is 6. The molecule has 0 amide bonds. The molecule has 4 heteroatoms. The van der Waals surface area contributed by atoms with Gasteiger partial charge in [-0.15, -0.1) is 0 Å². The van der Waals surface area contributed by atoms with Crippen molar-refractivity contribution in [3.05, 3.63) is 151 Å². The summed E-state index contributed by atoms with van der Waals surface area (Å²) in [6.45, 7) is 15.8. The van der Waals surface area contributed by atoms with Crippen LogP contribution in [-0.2, 0) is 0 Å². The normalized spacial score (nSPS) is 11.5. The van der Waals surface area contributed by atoms with E-state index in [0.717, 1.165) is 77.9 Å². The number of hydrogen-bond donors (Lipinski definition) is 4. The minimum absolute atomic E-state index is 0.114. The number of phenolic OH excluding ortho intramolecular Hbond substituents is 4. The van der Waals surface area contributed by atoms with E-state index in [4.69, 9.17) is 0 Å². The minimum atomic E-state index is -0.114. The number of aromatic hydroxyl groups is 4. The summed E-state index contributed by atoms with van der Waals surface area (Å²) in [6.07, 6.45) is 0. The molecular weight excluding hydrogens is 544 g/mol. The zero-order valence-electron chi connectivity index (χ0n) is 26.9. The molecule has 4 nitrogen and oxygen atoms in total. The van der Waals surface area contributed by atoms with Crippen molar-refractivity contribution in [1.29, 1.82) is 0 Å². The molecule has 0 spiro atoms. The van der Waals surface area contributed by atoms with Crippen LogP contribution in [0.3, 0.4) is 0 Å². The molecule has 0 fully saturated rings. The Morgan fingerprint density at radius 1 is 0.318 bits per heavy atom. The predicted molar refractivity (Wildman–Crippen MR) is 179 cm³/mol. The SMILES string of the molecule is Cc1cc(C(c2ccc(C(c3cc(C)c(O)cc3C)c3cc(C)c(O)cc3C)cc2)c2cc(C)c(O)cc2C)c(C)cc1O. The van der Waals surface area contributed by atoms with E-state index < -0.39 is 0 Å². The Labute approximate surface area is 260 Å². The molecule has 0 unspecified atom stereocenters. The fourth-order valence-electron chi connectivity index (χ4n) is 6.47. The summed E-state index contributed by atoms with van der Waals surface area (Å²) in [7, 11) is 0. The molecule has 4 N–H and O–H groups in total. The second kappa shape index (κ2) is 11.8. The first-order valence-corrected chi connectivity index (χ1v) is 15.1. The highest BCUT2D eigenvalue weighted by atomic mass is 16.3. The van der Waals surface area contributed by atoms with Crippen molar-refractivity contribution in [3.8, 4) is 23.0 Å². The van der Waals surface area contributed by atoms with Crippen molar-refractivity contribution in [2.75, 3.05) is 0 Å². The Bertz CT molecular complexity index is 1630. The average molecular weight is 587 g/mol. The fourth-order valence-corrected chi connectivity index (χ4v) is 6.47. The third-order valence-corrected chi connectivity index (χ3v) is 9.19. The largest absolute Gasteiger partial charge is 0.508 e. The fraction of sp³-hybridized carbons (Fsp3) is 0.250. The lowest BCUT2D eigenvalue weighted by Crippen LogP contribution is -2.10. The van der Waals surface area contributed by atoms with Gasteiger partial charge in [0.2, 0.25) is 0 Å². The molecule has 5 aromatic rings. The molecule has 0 bridgehead atoms. The number of hydrogen-bond acceptors (Lipinski definition) is 4. The van der Waals surface area contributed by atoms with Gasteiger partial charge < -0.3 is 20.4 Å². The molecule has 0 radical (unpaired) electrons. The number of phenols is 4. The summed E-state index contributed by atoms with van der Waals surface area (Å²) in [5.41, 5.74) is 13.9. The van der Waals surface area contributed by atoms with E-state index in [0.29, 0.717) is 0 Å². The summed E-state index contributed by atoms with van der Waals surface area (Å²) in [5, 5.41) is 41.8. The predicted octanol–water partition coefficient (Wildman–Crippen LogP) is 9.34. The van der Waals surface area contributed by atoms with Crippen molar-refractivity contribution in [1.82, 2.24) is 0 Å². The van der Waals surface area contributed by atoms with E-state index in [1.807, 2.05) is 79.7 Å². The van der Waals surface area contributed by atoms with E-state index in [2.05, 4.69) is 48.5 Å². The van der Waals surface area contributed by atoms with Crippen LogP contribution in [0.25, 0.3) is 0 Å². The maximum atomic E-state index is 10.5. The van der Waals surface area contributed by atoms with Crippen LogP contribution in [0.4, 0.5) is 0 Å². The second-order valence-corrected chi connectivity index (χ2v) is 12.5. The van der Waals surface area contributed by atoms with Gasteiger partial charge in [-0.1, -0.05) is 48.5 Å². The zero-order chi connectivity index (χ0) is 32.0. The van der Waals surface area contributed by atoms with Crippen molar-refractivity contribution in [3.63, 3.8) is 0 Å². The molecule has 0 aromatic heterocycles. The lowest BCUT2D eigenvalue weighted by molar-refractivity contribution is 0.469. The Kier molecular flexibility index (Phi) is 8.22. The van der Waals surface area contributed by atoms with Crippen molar-refractivity contribution in [2.45, 2.75) is 67.2 Å². The molecule has 0 aliphatic carbocycles. The maximum absolute atomic E-state index is 10.5. The van der Waals surface area contributed by atoms with E-state index in [-0.39, 0.29) is 34.8 Å². The highest BCUT2D eigenvalue weighted by Gasteiger charge is 2.26. The molecule has 0 aliphatic rings. The van der Waals surface area contributed by atoms with Crippen LogP contribution in [0.1, 0.15) is 89.7 Å². The van der Waals surface area contributed by atoms with Gasteiger partial charge in [-0.25, -0.2) is 0 Å². The molecular formula is C40H42O4. The van der Waals surface area contributed by atoms with Crippen LogP contribution in [0, 0.1) is 55.4 Å². The summed E-state index contributed by atoms with van der Waals surface area (Å²) in [5.74, 6) is 0.886. The van der Waals surface area contributed by atoms with Crippen molar-refractivity contribution in [2.24, 2.45) is 0 Å². The average Bonchev–Trinajstić information content (AvgIpc) is 2.96. The summed E-state index contributed by atoms with van der Waals surface area (Å²) >= 11 is 0. The van der Waals surface area contributed by atoms with Gasteiger partial charge in [0.25, 0.3) is 0 Å². The second-order valence-electron chi connectivity index (χ2n) is 12.5. The molecule has 0 heterocycles. The van der Waals surface area contributed by atoms with E-state index in [1.54, 1.807) is 0 Å². The first kappa shape index (κ1) is 30.7. The lowest BCUT2D eigenvalue weighted by Gasteiger charge is -2.27. The lowest BCUT2D eigenvalue weighted by atomic mass is 9.77. The third kappa shape index (κ3) is 5.65. The van der Waals surface area contributed by atoms with Crippen LogP contribution in [0.5, 0.6) is 23.0 Å². The first-order chi connectivity index (χ1) is 20.8. The summed E-state index contributed by atoms with van der Waals surface area (Å²) < 4.78 is 0. The molecule has 5 aromatic carbocycles. The Morgan fingerprint density at radius 3 is 0.727 bits per heavy atom. The van der Waals surface area contributed by atoms with Gasteiger partial charge in [0, 0.05) is 11.8 Å². The maximum Gasteiger partial charge on any atom is 0.118 e. The van der Waals surface area contributed by atoms with E-state index >= 15 is 0 Å². The zero-order valence-corrected chi connectivity index (χ0v) is 26.9. The molecule has 5 rings (SSSR count). The van der Waals surface area contributed by atoms with Gasteiger partial charge in [-0.3, -0.25) is 0 Å². The number of benzene rings is 5. The van der Waals surface area contributed by atoms with Crippen LogP contribution in [0.2, 0.25) is 0 Å². The standard InChI is InChI=1S/C40H42O4/c1-21-17-35(41)25(5)13-31(21)39(32-14-26(6)36(42)18-22(32)2)29-9-11-30(12-10-29)40(33-15-27(7)37(43)19-23(33)3)34-16-28(8)38(44)20-24(34)4/h9-20,39-44H,1-8H3. The topological polar surface area (TPSA) is 80.9 Å².